The van der Waals surface area contributed by atoms with Crippen molar-refractivity contribution in [2.24, 2.45) is 23.7 Å². The Morgan fingerprint density at radius 3 is 2.40 bits per heavy atom. The zero-order chi connectivity index (χ0) is 26.8. The van der Waals surface area contributed by atoms with Gasteiger partial charge in [0.15, 0.2) is 17.7 Å². The van der Waals surface area contributed by atoms with Crippen molar-refractivity contribution in [1.29, 1.82) is 0 Å². The molecule has 1 aliphatic rings. The smallest absolute Gasteiger partial charge is 0.311 e. The van der Waals surface area contributed by atoms with Gasteiger partial charge in [0.1, 0.15) is 6.61 Å². The summed E-state index contributed by atoms with van der Waals surface area (Å²) in [6.07, 6.45) is 3.80. The minimum absolute atomic E-state index is 0.0339. The average molecular weight is 499 g/mol. The van der Waals surface area contributed by atoms with Crippen LogP contribution in [0.4, 0.5) is 0 Å². The number of carbonyl (C=O) groups excluding carboxylic acids is 3. The van der Waals surface area contributed by atoms with Crippen LogP contribution in [0.25, 0.3) is 0 Å². The van der Waals surface area contributed by atoms with Crippen LogP contribution >= 0.6 is 0 Å². The number of aliphatic hydroxyl groups is 1. The van der Waals surface area contributed by atoms with E-state index in [0.717, 1.165) is 19.3 Å². The van der Waals surface area contributed by atoms with Crippen LogP contribution in [-0.4, -0.2) is 60.6 Å². The standard InChI is InChI=1S/C27H46O8/c1-9-10-18(3)24(30)19(4)13-27(8,33-16-29)15-32-26(31)22(7)25(20(5)14-28)35-23-12-17(2)11-21(6)34-23/h13,16-18,20-23,25,28H,9-12,14-15H2,1-8H3/b19-13+/t17?,18-,20-,21+,22?,23+,25+,27+/m1/s1. The van der Waals surface area contributed by atoms with Gasteiger partial charge >= 0.3 is 5.97 Å². The van der Waals surface area contributed by atoms with Crippen molar-refractivity contribution in [3.8, 4) is 0 Å². The summed E-state index contributed by atoms with van der Waals surface area (Å²) in [7, 11) is 0. The fourth-order valence-electron chi connectivity index (χ4n) is 4.65. The van der Waals surface area contributed by atoms with E-state index in [1.165, 1.54) is 6.08 Å². The summed E-state index contributed by atoms with van der Waals surface area (Å²) in [5, 5.41) is 9.76. The summed E-state index contributed by atoms with van der Waals surface area (Å²) in [5.74, 6) is -1.34. The van der Waals surface area contributed by atoms with Crippen molar-refractivity contribution in [2.75, 3.05) is 13.2 Å². The van der Waals surface area contributed by atoms with Crippen LogP contribution in [0, 0.1) is 23.7 Å². The first kappa shape index (κ1) is 31.3. The molecule has 35 heavy (non-hydrogen) atoms. The highest BCUT2D eigenvalue weighted by Gasteiger charge is 2.37. The molecule has 1 aliphatic heterocycles. The van der Waals surface area contributed by atoms with E-state index < -0.39 is 29.9 Å². The molecule has 0 radical (unpaired) electrons. The zero-order valence-corrected chi connectivity index (χ0v) is 22.7. The average Bonchev–Trinajstić information content (AvgIpc) is 2.79. The maximum Gasteiger partial charge on any atom is 0.311 e. The molecule has 1 N–H and O–H groups in total. The Labute approximate surface area is 210 Å². The van der Waals surface area contributed by atoms with E-state index in [0.29, 0.717) is 17.9 Å². The van der Waals surface area contributed by atoms with Gasteiger partial charge in [0.05, 0.1) is 18.1 Å². The fraction of sp³-hybridized carbons (Fsp3) is 0.815. The quantitative estimate of drug-likeness (QED) is 0.203. The van der Waals surface area contributed by atoms with Crippen molar-refractivity contribution in [3.05, 3.63) is 11.6 Å². The van der Waals surface area contributed by atoms with Crippen molar-refractivity contribution in [3.63, 3.8) is 0 Å². The van der Waals surface area contributed by atoms with E-state index in [1.54, 1.807) is 27.7 Å². The number of carbonyl (C=O) groups is 3. The van der Waals surface area contributed by atoms with Gasteiger partial charge in [-0.05, 0) is 58.1 Å². The first-order valence-corrected chi connectivity index (χ1v) is 12.8. The second kappa shape index (κ2) is 14.7. The van der Waals surface area contributed by atoms with Gasteiger partial charge in [-0.25, -0.2) is 0 Å². The number of hydrogen-bond acceptors (Lipinski definition) is 8. The minimum atomic E-state index is -1.29. The van der Waals surface area contributed by atoms with Gasteiger partial charge in [0.2, 0.25) is 0 Å². The summed E-state index contributed by atoms with van der Waals surface area (Å²) in [5.41, 5.74) is -0.841. The number of ketones is 1. The van der Waals surface area contributed by atoms with Crippen molar-refractivity contribution >= 4 is 18.2 Å². The van der Waals surface area contributed by atoms with Crippen LogP contribution in [0.5, 0.6) is 0 Å². The summed E-state index contributed by atoms with van der Waals surface area (Å²) in [4.78, 5) is 36.8. The van der Waals surface area contributed by atoms with Gasteiger partial charge in [-0.3, -0.25) is 14.4 Å². The van der Waals surface area contributed by atoms with Gasteiger partial charge in [0.25, 0.3) is 6.47 Å². The second-order valence-corrected chi connectivity index (χ2v) is 10.5. The normalized spacial score (nSPS) is 26.1. The first-order chi connectivity index (χ1) is 16.4. The first-order valence-electron chi connectivity index (χ1n) is 12.8. The molecule has 8 atom stereocenters. The van der Waals surface area contributed by atoms with E-state index in [1.807, 2.05) is 20.8 Å². The molecule has 1 heterocycles. The maximum atomic E-state index is 13.0. The van der Waals surface area contributed by atoms with Crippen LogP contribution in [-0.2, 0) is 33.3 Å². The van der Waals surface area contributed by atoms with Crippen LogP contribution in [0.3, 0.4) is 0 Å². The molecular weight excluding hydrogens is 452 g/mol. The topological polar surface area (TPSA) is 108 Å². The Morgan fingerprint density at radius 1 is 1.20 bits per heavy atom. The van der Waals surface area contributed by atoms with Gasteiger partial charge in [-0.2, -0.15) is 0 Å². The molecule has 8 heteroatoms. The molecule has 202 valence electrons. The Bertz CT molecular complexity index is 710. The summed E-state index contributed by atoms with van der Waals surface area (Å²) in [6, 6.07) is 0. The predicted molar refractivity (Wildman–Crippen MR) is 132 cm³/mol. The lowest BCUT2D eigenvalue weighted by Gasteiger charge is -2.37. The predicted octanol–water partition coefficient (Wildman–Crippen LogP) is 4.22. The molecule has 1 saturated heterocycles. The molecule has 0 aromatic rings. The van der Waals surface area contributed by atoms with Crippen molar-refractivity contribution in [2.45, 2.75) is 105 Å². The molecule has 0 bridgehead atoms. The van der Waals surface area contributed by atoms with Gasteiger partial charge in [-0.1, -0.05) is 34.1 Å². The maximum absolute atomic E-state index is 13.0. The van der Waals surface area contributed by atoms with E-state index in [9.17, 15) is 19.5 Å². The Balaban J connectivity index is 2.92. The highest BCUT2D eigenvalue weighted by molar-refractivity contribution is 5.96. The Hall–Kier alpha value is -1.77. The molecular formula is C27H46O8. The third-order valence-corrected chi connectivity index (χ3v) is 6.63. The number of allylic oxidation sites excluding steroid dienone is 1. The molecule has 0 aliphatic carbocycles. The van der Waals surface area contributed by atoms with E-state index >= 15 is 0 Å². The molecule has 2 unspecified atom stereocenters. The van der Waals surface area contributed by atoms with E-state index in [4.69, 9.17) is 18.9 Å². The molecule has 1 fully saturated rings. The summed E-state index contributed by atoms with van der Waals surface area (Å²) in [6.45, 7) is 14.6. The lowest BCUT2D eigenvalue weighted by molar-refractivity contribution is -0.238. The molecule has 0 spiro atoms. The highest BCUT2D eigenvalue weighted by Crippen LogP contribution is 2.29. The minimum Gasteiger partial charge on any atom is -0.461 e. The third kappa shape index (κ3) is 10.0. The fourth-order valence-corrected chi connectivity index (χ4v) is 4.65. The zero-order valence-electron chi connectivity index (χ0n) is 22.7. The number of aliphatic hydroxyl groups excluding tert-OH is 1. The summed E-state index contributed by atoms with van der Waals surface area (Å²) >= 11 is 0. The van der Waals surface area contributed by atoms with Crippen LogP contribution in [0.1, 0.15) is 81.1 Å². The number of ether oxygens (including phenoxy) is 4. The third-order valence-electron chi connectivity index (χ3n) is 6.63. The van der Waals surface area contributed by atoms with Gasteiger partial charge in [0, 0.05) is 24.9 Å². The van der Waals surface area contributed by atoms with Crippen molar-refractivity contribution in [1.82, 2.24) is 0 Å². The number of rotatable bonds is 15. The van der Waals surface area contributed by atoms with Crippen LogP contribution in [0.15, 0.2) is 11.6 Å². The monoisotopic (exact) mass is 498 g/mol. The lowest BCUT2D eigenvalue weighted by atomic mass is 9.92. The summed E-state index contributed by atoms with van der Waals surface area (Å²) < 4.78 is 22.8. The van der Waals surface area contributed by atoms with Crippen LogP contribution < -0.4 is 0 Å². The molecule has 8 nitrogen and oxygen atoms in total. The molecule has 0 aromatic carbocycles. The molecule has 0 saturated carbocycles. The van der Waals surface area contributed by atoms with Crippen molar-refractivity contribution < 1.29 is 38.4 Å². The Morgan fingerprint density at radius 2 is 1.86 bits per heavy atom. The SMILES string of the molecule is CCC[C@@H](C)C(=O)/C(C)=C/[C@@](C)(COC(=O)C(C)[C@@H](O[C@H]1CC(C)C[C@H](C)O1)[C@H](C)CO)OC=O. The lowest BCUT2D eigenvalue weighted by Crippen LogP contribution is -2.43. The molecule has 0 aromatic heterocycles. The van der Waals surface area contributed by atoms with Crippen LogP contribution in [0.2, 0.25) is 0 Å². The largest absolute Gasteiger partial charge is 0.461 e. The Kier molecular flexibility index (Phi) is 13.1. The number of hydrogen-bond donors (Lipinski definition) is 1. The van der Waals surface area contributed by atoms with E-state index in [-0.39, 0.29) is 43.4 Å². The number of Topliss-reactive ketones (excluding diaryl/α,β-unsaturated/α-hetero) is 1. The van der Waals surface area contributed by atoms with Gasteiger partial charge < -0.3 is 24.1 Å². The molecule has 0 amide bonds. The van der Waals surface area contributed by atoms with Gasteiger partial charge in [-0.15, -0.1) is 0 Å². The highest BCUT2D eigenvalue weighted by atomic mass is 16.7. The molecule has 1 rings (SSSR count). The number of esters is 1. The van der Waals surface area contributed by atoms with E-state index in [2.05, 4.69) is 6.92 Å². The second-order valence-electron chi connectivity index (χ2n) is 10.5.